The zero-order valence-electron chi connectivity index (χ0n) is 8.25. The highest BCUT2D eigenvalue weighted by Crippen LogP contribution is 2.35. The standard InChI is InChI=1S/C10H14N2O2/c1-14-10(13)5-9-11-6-8(12-9)7-3-2-4-7/h6-7H,2-5H2,1H3,(H,11,12). The number of aromatic amines is 1. The fourth-order valence-electron chi connectivity index (χ4n) is 1.60. The van der Waals surface area contributed by atoms with Crippen molar-refractivity contribution < 1.29 is 9.53 Å². The average Bonchev–Trinajstić information content (AvgIpc) is 2.50. The molecule has 1 N–H and O–H groups in total. The maximum Gasteiger partial charge on any atom is 0.313 e. The highest BCUT2D eigenvalue weighted by molar-refractivity contribution is 5.71. The van der Waals surface area contributed by atoms with Crippen LogP contribution < -0.4 is 0 Å². The van der Waals surface area contributed by atoms with Crippen LogP contribution in [-0.4, -0.2) is 23.0 Å². The average molecular weight is 194 g/mol. The number of aromatic nitrogens is 2. The van der Waals surface area contributed by atoms with Crippen LogP contribution in [0.2, 0.25) is 0 Å². The van der Waals surface area contributed by atoms with Gasteiger partial charge >= 0.3 is 5.97 Å². The van der Waals surface area contributed by atoms with Crippen molar-refractivity contribution in [3.8, 4) is 0 Å². The number of esters is 1. The van der Waals surface area contributed by atoms with Gasteiger partial charge in [-0.2, -0.15) is 0 Å². The number of imidazole rings is 1. The van der Waals surface area contributed by atoms with Gasteiger partial charge in [0.15, 0.2) is 0 Å². The number of nitrogens with zero attached hydrogens (tertiary/aromatic N) is 1. The van der Waals surface area contributed by atoms with Crippen molar-refractivity contribution in [2.75, 3.05) is 7.11 Å². The molecule has 1 aliphatic carbocycles. The third-order valence-electron chi connectivity index (χ3n) is 2.73. The van der Waals surface area contributed by atoms with E-state index in [0.29, 0.717) is 11.7 Å². The van der Waals surface area contributed by atoms with Crippen molar-refractivity contribution in [3.63, 3.8) is 0 Å². The van der Waals surface area contributed by atoms with Gasteiger partial charge in [-0.25, -0.2) is 4.98 Å². The van der Waals surface area contributed by atoms with Gasteiger partial charge in [-0.15, -0.1) is 0 Å². The van der Waals surface area contributed by atoms with Gasteiger partial charge in [0, 0.05) is 17.8 Å². The molecule has 0 radical (unpaired) electrons. The Morgan fingerprint density at radius 2 is 2.50 bits per heavy atom. The summed E-state index contributed by atoms with van der Waals surface area (Å²) in [6.07, 6.45) is 5.85. The molecule has 0 spiro atoms. The van der Waals surface area contributed by atoms with Crippen LogP contribution in [0.4, 0.5) is 0 Å². The second-order valence-corrected chi connectivity index (χ2v) is 3.67. The molecule has 1 heterocycles. The SMILES string of the molecule is COC(=O)Cc1ncc(C2CCC2)[nH]1. The van der Waals surface area contributed by atoms with Crippen LogP contribution in [0, 0.1) is 0 Å². The van der Waals surface area contributed by atoms with Crippen LogP contribution in [0.5, 0.6) is 0 Å². The number of ether oxygens (including phenoxy) is 1. The first-order valence-electron chi connectivity index (χ1n) is 4.90. The molecule has 4 heteroatoms. The van der Waals surface area contributed by atoms with Gasteiger partial charge in [-0.1, -0.05) is 6.42 Å². The van der Waals surface area contributed by atoms with Gasteiger partial charge in [0.25, 0.3) is 0 Å². The van der Waals surface area contributed by atoms with Gasteiger partial charge in [-0.05, 0) is 12.8 Å². The largest absolute Gasteiger partial charge is 0.469 e. The summed E-state index contributed by atoms with van der Waals surface area (Å²) in [5.41, 5.74) is 1.16. The molecule has 0 saturated heterocycles. The van der Waals surface area contributed by atoms with Crippen molar-refractivity contribution in [1.29, 1.82) is 0 Å². The maximum absolute atomic E-state index is 11.0. The molecule has 0 amide bonds. The molecule has 1 aliphatic rings. The van der Waals surface area contributed by atoms with E-state index in [9.17, 15) is 4.79 Å². The lowest BCUT2D eigenvalue weighted by Crippen LogP contribution is -2.10. The normalized spacial score (nSPS) is 16.4. The molecule has 0 aliphatic heterocycles. The highest BCUT2D eigenvalue weighted by Gasteiger charge is 2.21. The Labute approximate surface area is 82.7 Å². The Morgan fingerprint density at radius 3 is 3.07 bits per heavy atom. The third kappa shape index (κ3) is 1.78. The van der Waals surface area contributed by atoms with Gasteiger partial charge in [-0.3, -0.25) is 4.79 Å². The number of carbonyl (C=O) groups is 1. The van der Waals surface area contributed by atoms with Crippen molar-refractivity contribution in [2.24, 2.45) is 0 Å². The van der Waals surface area contributed by atoms with E-state index in [0.717, 1.165) is 5.69 Å². The molecule has 76 valence electrons. The summed E-state index contributed by atoms with van der Waals surface area (Å²) in [7, 11) is 1.39. The van der Waals surface area contributed by atoms with Crippen molar-refractivity contribution in [1.82, 2.24) is 9.97 Å². The zero-order chi connectivity index (χ0) is 9.97. The fourth-order valence-corrected chi connectivity index (χ4v) is 1.60. The summed E-state index contributed by atoms with van der Waals surface area (Å²) in [5.74, 6) is 1.09. The maximum atomic E-state index is 11.0. The topological polar surface area (TPSA) is 55.0 Å². The lowest BCUT2D eigenvalue weighted by atomic mass is 9.83. The van der Waals surface area contributed by atoms with Gasteiger partial charge < -0.3 is 9.72 Å². The van der Waals surface area contributed by atoms with Crippen LogP contribution in [0.1, 0.15) is 36.7 Å². The van der Waals surface area contributed by atoms with Crippen LogP contribution in [0.25, 0.3) is 0 Å². The second kappa shape index (κ2) is 3.82. The minimum Gasteiger partial charge on any atom is -0.469 e. The minimum atomic E-state index is -0.250. The molecule has 0 bridgehead atoms. The second-order valence-electron chi connectivity index (χ2n) is 3.67. The number of hydrogen-bond donors (Lipinski definition) is 1. The summed E-state index contributed by atoms with van der Waals surface area (Å²) in [4.78, 5) is 18.3. The summed E-state index contributed by atoms with van der Waals surface area (Å²) in [6.45, 7) is 0. The van der Waals surface area contributed by atoms with Crippen LogP contribution in [0.3, 0.4) is 0 Å². The van der Waals surface area contributed by atoms with Crippen molar-refractivity contribution in [2.45, 2.75) is 31.6 Å². The van der Waals surface area contributed by atoms with Crippen LogP contribution >= 0.6 is 0 Å². The smallest absolute Gasteiger partial charge is 0.313 e. The van der Waals surface area contributed by atoms with Crippen molar-refractivity contribution in [3.05, 3.63) is 17.7 Å². The molecule has 1 aromatic rings. The first-order valence-corrected chi connectivity index (χ1v) is 4.90. The molecule has 1 fully saturated rings. The number of nitrogens with one attached hydrogen (secondary N) is 1. The molecule has 1 aromatic heterocycles. The van der Waals surface area contributed by atoms with E-state index < -0.39 is 0 Å². The summed E-state index contributed by atoms with van der Waals surface area (Å²) in [5, 5.41) is 0. The predicted octanol–water partition coefficient (Wildman–Crippen LogP) is 1.39. The van der Waals surface area contributed by atoms with Gasteiger partial charge in [0.2, 0.25) is 0 Å². The molecule has 1 saturated carbocycles. The molecule has 14 heavy (non-hydrogen) atoms. The first-order chi connectivity index (χ1) is 6.79. The summed E-state index contributed by atoms with van der Waals surface area (Å²) >= 11 is 0. The van der Waals surface area contributed by atoms with E-state index in [1.54, 1.807) is 0 Å². The number of carbonyl (C=O) groups excluding carboxylic acids is 1. The third-order valence-corrected chi connectivity index (χ3v) is 2.73. The number of hydrogen-bond acceptors (Lipinski definition) is 3. The van der Waals surface area contributed by atoms with Gasteiger partial charge in [0.1, 0.15) is 12.2 Å². The van der Waals surface area contributed by atoms with Crippen molar-refractivity contribution >= 4 is 5.97 Å². The van der Waals surface area contributed by atoms with E-state index >= 15 is 0 Å². The van der Waals surface area contributed by atoms with E-state index in [4.69, 9.17) is 0 Å². The molecule has 2 rings (SSSR count). The fraction of sp³-hybridized carbons (Fsp3) is 0.600. The Kier molecular flexibility index (Phi) is 2.52. The summed E-state index contributed by atoms with van der Waals surface area (Å²) < 4.78 is 4.57. The Balaban J connectivity index is 1.98. The van der Waals surface area contributed by atoms with E-state index in [1.807, 2.05) is 6.20 Å². The Hall–Kier alpha value is -1.32. The Bertz CT molecular complexity index is 329. The quantitative estimate of drug-likeness (QED) is 0.740. The monoisotopic (exact) mass is 194 g/mol. The molecule has 0 aromatic carbocycles. The minimum absolute atomic E-state index is 0.239. The van der Waals surface area contributed by atoms with Crippen LogP contribution in [-0.2, 0) is 16.0 Å². The number of methoxy groups -OCH3 is 1. The van der Waals surface area contributed by atoms with E-state index in [1.165, 1.54) is 26.4 Å². The summed E-state index contributed by atoms with van der Waals surface area (Å²) in [6, 6.07) is 0. The predicted molar refractivity (Wildman–Crippen MR) is 50.9 cm³/mol. The Morgan fingerprint density at radius 1 is 1.71 bits per heavy atom. The van der Waals surface area contributed by atoms with Gasteiger partial charge in [0.05, 0.1) is 7.11 Å². The zero-order valence-corrected chi connectivity index (χ0v) is 8.25. The van der Waals surface area contributed by atoms with E-state index in [2.05, 4.69) is 14.7 Å². The lowest BCUT2D eigenvalue weighted by molar-refractivity contribution is -0.139. The first kappa shape index (κ1) is 9.24. The van der Waals surface area contributed by atoms with E-state index in [-0.39, 0.29) is 12.4 Å². The molecule has 0 atom stereocenters. The molecule has 4 nitrogen and oxygen atoms in total. The highest BCUT2D eigenvalue weighted by atomic mass is 16.5. The molecular formula is C10H14N2O2. The number of H-pyrrole nitrogens is 1. The lowest BCUT2D eigenvalue weighted by Gasteiger charge is -2.23. The molecular weight excluding hydrogens is 180 g/mol. The van der Waals surface area contributed by atoms with Crippen LogP contribution in [0.15, 0.2) is 6.20 Å². The molecule has 0 unspecified atom stereocenters. The number of rotatable bonds is 3.